The summed E-state index contributed by atoms with van der Waals surface area (Å²) in [5.41, 5.74) is 1.24. The molecule has 3 unspecified atom stereocenters. The summed E-state index contributed by atoms with van der Waals surface area (Å²) in [5.74, 6) is -0.154. The minimum absolute atomic E-state index is 0.135. The molecule has 0 aromatic carbocycles. The van der Waals surface area contributed by atoms with E-state index in [1.54, 1.807) is 19.2 Å². The van der Waals surface area contributed by atoms with Crippen LogP contribution in [-0.4, -0.2) is 33.6 Å². The number of amides is 1. The summed E-state index contributed by atoms with van der Waals surface area (Å²) in [6.07, 6.45) is 4.52. The number of nitrogens with one attached hydrogen (secondary N) is 1. The Bertz CT molecular complexity index is 715. The van der Waals surface area contributed by atoms with Crippen LogP contribution in [0.1, 0.15) is 54.3 Å². The standard InChI is InChI=1S/C16H19N5O2S/c1-11(8-17)21-9-13(19-20-21)15(14-4-2-3-6-23-14)18-16(22)12-5-7-24-10-12/h5,7,9-11,14-15H,2-4,6H2,1H3,(H,18,22). The predicted molar refractivity (Wildman–Crippen MR) is 88.5 cm³/mol. The van der Waals surface area contributed by atoms with Gasteiger partial charge in [0.05, 0.1) is 23.9 Å². The molecule has 24 heavy (non-hydrogen) atoms. The summed E-state index contributed by atoms with van der Waals surface area (Å²) in [5, 5.41) is 23.9. The zero-order chi connectivity index (χ0) is 16.9. The summed E-state index contributed by atoms with van der Waals surface area (Å²) in [6, 6.07) is 3.12. The van der Waals surface area contributed by atoms with Crippen LogP contribution in [0.4, 0.5) is 0 Å². The smallest absolute Gasteiger partial charge is 0.252 e. The lowest BCUT2D eigenvalue weighted by atomic mass is 9.99. The third-order valence-electron chi connectivity index (χ3n) is 4.09. The Kier molecular flexibility index (Phi) is 5.23. The van der Waals surface area contributed by atoms with Crippen LogP contribution in [0.2, 0.25) is 0 Å². The monoisotopic (exact) mass is 345 g/mol. The molecule has 1 fully saturated rings. The van der Waals surface area contributed by atoms with Crippen molar-refractivity contribution in [3.63, 3.8) is 0 Å². The first-order valence-corrected chi connectivity index (χ1v) is 8.89. The molecule has 3 rings (SSSR count). The van der Waals surface area contributed by atoms with Crippen molar-refractivity contribution < 1.29 is 9.53 Å². The summed E-state index contributed by atoms with van der Waals surface area (Å²) in [7, 11) is 0. The minimum Gasteiger partial charge on any atom is -0.376 e. The molecular weight excluding hydrogens is 326 g/mol. The fourth-order valence-corrected chi connectivity index (χ4v) is 3.32. The molecule has 3 heterocycles. The van der Waals surface area contributed by atoms with Crippen molar-refractivity contribution in [2.24, 2.45) is 0 Å². The van der Waals surface area contributed by atoms with E-state index < -0.39 is 6.04 Å². The zero-order valence-electron chi connectivity index (χ0n) is 13.4. The fourth-order valence-electron chi connectivity index (χ4n) is 2.69. The highest BCUT2D eigenvalue weighted by molar-refractivity contribution is 7.08. The number of hydrogen-bond acceptors (Lipinski definition) is 6. The number of carbonyl (C=O) groups is 1. The Labute approximate surface area is 144 Å². The van der Waals surface area contributed by atoms with Gasteiger partial charge in [-0.15, -0.1) is 5.10 Å². The molecule has 2 aromatic heterocycles. The third kappa shape index (κ3) is 3.63. The first kappa shape index (κ1) is 16.6. The molecule has 0 saturated carbocycles. The van der Waals surface area contributed by atoms with Crippen LogP contribution in [0.25, 0.3) is 0 Å². The maximum Gasteiger partial charge on any atom is 0.252 e. The number of carbonyl (C=O) groups excluding carboxylic acids is 1. The minimum atomic E-state index is -0.410. The number of thiophene rings is 1. The van der Waals surface area contributed by atoms with Crippen molar-refractivity contribution in [1.29, 1.82) is 5.26 Å². The average molecular weight is 345 g/mol. The van der Waals surface area contributed by atoms with Crippen LogP contribution in [0, 0.1) is 11.3 Å². The van der Waals surface area contributed by atoms with Gasteiger partial charge in [-0.25, -0.2) is 4.68 Å². The number of rotatable bonds is 5. The van der Waals surface area contributed by atoms with Crippen LogP contribution < -0.4 is 5.32 Å². The number of nitriles is 1. The van der Waals surface area contributed by atoms with Gasteiger partial charge < -0.3 is 10.1 Å². The molecule has 1 saturated heterocycles. The van der Waals surface area contributed by atoms with Crippen molar-refractivity contribution in [1.82, 2.24) is 20.3 Å². The van der Waals surface area contributed by atoms with E-state index in [4.69, 9.17) is 10.00 Å². The molecule has 0 aliphatic carbocycles. The molecule has 1 aliphatic rings. The van der Waals surface area contributed by atoms with E-state index in [-0.39, 0.29) is 18.1 Å². The molecule has 0 bridgehead atoms. The second kappa shape index (κ2) is 7.55. The molecule has 0 spiro atoms. The van der Waals surface area contributed by atoms with Gasteiger partial charge in [0.25, 0.3) is 5.91 Å². The van der Waals surface area contributed by atoms with E-state index in [0.717, 1.165) is 19.3 Å². The van der Waals surface area contributed by atoms with E-state index in [9.17, 15) is 4.79 Å². The van der Waals surface area contributed by atoms with Gasteiger partial charge in [0.1, 0.15) is 17.8 Å². The van der Waals surface area contributed by atoms with Gasteiger partial charge in [-0.1, -0.05) is 5.21 Å². The number of hydrogen-bond donors (Lipinski definition) is 1. The van der Waals surface area contributed by atoms with E-state index in [0.29, 0.717) is 17.9 Å². The quantitative estimate of drug-likeness (QED) is 0.898. The summed E-state index contributed by atoms with van der Waals surface area (Å²) < 4.78 is 7.36. The molecule has 7 nitrogen and oxygen atoms in total. The van der Waals surface area contributed by atoms with Crippen molar-refractivity contribution in [2.45, 2.75) is 44.4 Å². The Morgan fingerprint density at radius 1 is 1.58 bits per heavy atom. The number of ether oxygens (including phenoxy) is 1. The van der Waals surface area contributed by atoms with Crippen LogP contribution in [-0.2, 0) is 4.74 Å². The highest BCUT2D eigenvalue weighted by Crippen LogP contribution is 2.26. The topological polar surface area (TPSA) is 92.8 Å². The first-order valence-electron chi connectivity index (χ1n) is 7.95. The van der Waals surface area contributed by atoms with Gasteiger partial charge in [-0.2, -0.15) is 16.6 Å². The van der Waals surface area contributed by atoms with Crippen LogP contribution in [0.5, 0.6) is 0 Å². The van der Waals surface area contributed by atoms with Gasteiger partial charge in [0.2, 0.25) is 0 Å². The van der Waals surface area contributed by atoms with E-state index in [1.165, 1.54) is 16.0 Å². The lowest BCUT2D eigenvalue weighted by Gasteiger charge is -2.29. The van der Waals surface area contributed by atoms with E-state index in [1.807, 2.05) is 10.8 Å². The Hall–Kier alpha value is -2.24. The predicted octanol–water partition coefficient (Wildman–Crippen LogP) is 2.46. The largest absolute Gasteiger partial charge is 0.376 e. The van der Waals surface area contributed by atoms with Gasteiger partial charge in [-0.05, 0) is 37.6 Å². The molecule has 8 heteroatoms. The van der Waals surface area contributed by atoms with Gasteiger partial charge in [0.15, 0.2) is 0 Å². The number of nitrogens with zero attached hydrogens (tertiary/aromatic N) is 4. The Morgan fingerprint density at radius 2 is 2.46 bits per heavy atom. The maximum atomic E-state index is 12.5. The SMILES string of the molecule is CC(C#N)n1cc(C(NC(=O)c2ccsc2)C2CCCCO2)nn1. The van der Waals surface area contributed by atoms with Crippen molar-refractivity contribution in [2.75, 3.05) is 6.61 Å². The van der Waals surface area contributed by atoms with Crippen LogP contribution in [0.3, 0.4) is 0 Å². The fraction of sp³-hybridized carbons (Fsp3) is 0.500. The molecule has 2 aromatic rings. The summed E-state index contributed by atoms with van der Waals surface area (Å²) in [6.45, 7) is 2.42. The lowest BCUT2D eigenvalue weighted by Crippen LogP contribution is -2.39. The van der Waals surface area contributed by atoms with Crippen molar-refractivity contribution in [3.8, 4) is 6.07 Å². The van der Waals surface area contributed by atoms with E-state index in [2.05, 4.69) is 21.7 Å². The van der Waals surface area contributed by atoms with Gasteiger partial charge in [0, 0.05) is 12.0 Å². The lowest BCUT2D eigenvalue weighted by molar-refractivity contribution is -0.00830. The number of aromatic nitrogens is 3. The van der Waals surface area contributed by atoms with Gasteiger partial charge in [-0.3, -0.25) is 4.79 Å². The molecule has 1 amide bonds. The molecule has 1 N–H and O–H groups in total. The zero-order valence-corrected chi connectivity index (χ0v) is 14.2. The summed E-state index contributed by atoms with van der Waals surface area (Å²) in [4.78, 5) is 12.5. The van der Waals surface area contributed by atoms with Crippen molar-refractivity contribution in [3.05, 3.63) is 34.3 Å². The van der Waals surface area contributed by atoms with Crippen LogP contribution in [0.15, 0.2) is 23.0 Å². The summed E-state index contributed by atoms with van der Waals surface area (Å²) >= 11 is 1.48. The molecule has 0 radical (unpaired) electrons. The average Bonchev–Trinajstić information content (AvgIpc) is 3.31. The second-order valence-electron chi connectivity index (χ2n) is 5.80. The van der Waals surface area contributed by atoms with Crippen molar-refractivity contribution >= 4 is 17.2 Å². The Morgan fingerprint density at radius 3 is 3.12 bits per heavy atom. The molecule has 1 aliphatic heterocycles. The second-order valence-corrected chi connectivity index (χ2v) is 6.58. The molecule has 126 valence electrons. The Balaban J connectivity index is 1.83. The first-order chi connectivity index (χ1) is 11.7. The highest BCUT2D eigenvalue weighted by atomic mass is 32.1. The maximum absolute atomic E-state index is 12.5. The molecule has 3 atom stereocenters. The van der Waals surface area contributed by atoms with E-state index >= 15 is 0 Å². The van der Waals surface area contributed by atoms with Crippen LogP contribution >= 0.6 is 11.3 Å². The third-order valence-corrected chi connectivity index (χ3v) is 4.77. The van der Waals surface area contributed by atoms with Gasteiger partial charge >= 0.3 is 0 Å². The normalized spacial score (nSPS) is 20.1. The molecular formula is C16H19N5O2S. The highest BCUT2D eigenvalue weighted by Gasteiger charge is 2.30.